The lowest BCUT2D eigenvalue weighted by Crippen LogP contribution is -2.44. The molecule has 1 aromatic heterocycles. The minimum atomic E-state index is -0.221. The summed E-state index contributed by atoms with van der Waals surface area (Å²) in [5.74, 6) is 0.728. The Kier molecular flexibility index (Phi) is 7.94. The highest BCUT2D eigenvalue weighted by Gasteiger charge is 2.12. The Labute approximate surface area is 120 Å². The van der Waals surface area contributed by atoms with E-state index in [-0.39, 0.29) is 11.9 Å². The van der Waals surface area contributed by atoms with Crippen molar-refractivity contribution in [1.82, 2.24) is 15.5 Å². The molecule has 0 aliphatic heterocycles. The molecule has 1 unspecified atom stereocenters. The maximum atomic E-state index is 11.8. The third kappa shape index (κ3) is 6.70. The standard InChI is InChI=1S/C14H25N3O3/c1-12(15-6-7-17(2)8-10-19-3)14(18)16-11-13-5-4-9-20-13/h4-5,9,12,15H,6-8,10-11H2,1-3H3,(H,16,18). The average Bonchev–Trinajstić information content (AvgIpc) is 2.95. The van der Waals surface area contributed by atoms with Crippen LogP contribution in [0.15, 0.2) is 22.8 Å². The lowest BCUT2D eigenvalue weighted by molar-refractivity contribution is -0.123. The Morgan fingerprint density at radius 1 is 1.50 bits per heavy atom. The quantitative estimate of drug-likeness (QED) is 0.653. The molecule has 114 valence electrons. The van der Waals surface area contributed by atoms with Gasteiger partial charge in [0, 0.05) is 26.7 Å². The van der Waals surface area contributed by atoms with Crippen LogP contribution in [0.2, 0.25) is 0 Å². The van der Waals surface area contributed by atoms with E-state index in [4.69, 9.17) is 9.15 Å². The molecule has 6 nitrogen and oxygen atoms in total. The molecule has 0 bridgehead atoms. The molecule has 0 fully saturated rings. The second-order valence-corrected chi connectivity index (χ2v) is 4.77. The molecule has 1 aromatic rings. The van der Waals surface area contributed by atoms with Crippen molar-refractivity contribution in [2.45, 2.75) is 19.5 Å². The summed E-state index contributed by atoms with van der Waals surface area (Å²) in [6.45, 7) is 5.51. The number of ether oxygens (including phenoxy) is 1. The van der Waals surface area contributed by atoms with Crippen LogP contribution in [0, 0.1) is 0 Å². The number of carbonyl (C=O) groups excluding carboxylic acids is 1. The molecule has 0 aromatic carbocycles. The fourth-order valence-electron chi connectivity index (χ4n) is 1.66. The molecule has 1 heterocycles. The van der Waals surface area contributed by atoms with E-state index in [9.17, 15) is 4.79 Å². The topological polar surface area (TPSA) is 66.7 Å². The highest BCUT2D eigenvalue weighted by molar-refractivity contribution is 5.81. The van der Waals surface area contributed by atoms with Crippen LogP contribution in [0.25, 0.3) is 0 Å². The molecule has 0 aliphatic carbocycles. The monoisotopic (exact) mass is 283 g/mol. The van der Waals surface area contributed by atoms with E-state index in [1.165, 1.54) is 0 Å². The second-order valence-electron chi connectivity index (χ2n) is 4.77. The van der Waals surface area contributed by atoms with E-state index in [2.05, 4.69) is 15.5 Å². The van der Waals surface area contributed by atoms with E-state index in [1.807, 2.05) is 20.0 Å². The first-order valence-electron chi connectivity index (χ1n) is 6.84. The van der Waals surface area contributed by atoms with Gasteiger partial charge >= 0.3 is 0 Å². The molecule has 1 amide bonds. The smallest absolute Gasteiger partial charge is 0.237 e. The molecule has 20 heavy (non-hydrogen) atoms. The van der Waals surface area contributed by atoms with Gasteiger partial charge in [0.15, 0.2) is 0 Å². The average molecular weight is 283 g/mol. The number of hydrogen-bond acceptors (Lipinski definition) is 5. The van der Waals surface area contributed by atoms with Crippen LogP contribution in [-0.2, 0) is 16.1 Å². The van der Waals surface area contributed by atoms with Crippen molar-refractivity contribution in [1.29, 1.82) is 0 Å². The lowest BCUT2D eigenvalue weighted by atomic mass is 10.3. The van der Waals surface area contributed by atoms with Gasteiger partial charge in [-0.1, -0.05) is 0 Å². The minimum absolute atomic E-state index is 0.0269. The van der Waals surface area contributed by atoms with Crippen molar-refractivity contribution in [3.8, 4) is 0 Å². The summed E-state index contributed by atoms with van der Waals surface area (Å²) in [6, 6.07) is 3.42. The zero-order valence-electron chi connectivity index (χ0n) is 12.5. The maximum Gasteiger partial charge on any atom is 0.237 e. The highest BCUT2D eigenvalue weighted by atomic mass is 16.5. The zero-order valence-corrected chi connectivity index (χ0v) is 12.5. The zero-order chi connectivity index (χ0) is 14.8. The van der Waals surface area contributed by atoms with E-state index >= 15 is 0 Å². The first kappa shape index (κ1) is 16.7. The lowest BCUT2D eigenvalue weighted by Gasteiger charge is -2.18. The molecule has 0 spiro atoms. The van der Waals surface area contributed by atoms with Crippen LogP contribution < -0.4 is 10.6 Å². The highest BCUT2D eigenvalue weighted by Crippen LogP contribution is 1.98. The van der Waals surface area contributed by atoms with Gasteiger partial charge in [0.05, 0.1) is 25.5 Å². The van der Waals surface area contributed by atoms with Gasteiger partial charge in [0.2, 0.25) is 5.91 Å². The summed E-state index contributed by atoms with van der Waals surface area (Å²) in [6.07, 6.45) is 1.60. The normalized spacial score (nSPS) is 12.6. The molecule has 2 N–H and O–H groups in total. The Balaban J connectivity index is 2.11. The number of rotatable bonds is 10. The summed E-state index contributed by atoms with van der Waals surface area (Å²) in [4.78, 5) is 14.0. The van der Waals surface area contributed by atoms with Crippen LogP contribution in [0.4, 0.5) is 0 Å². The van der Waals surface area contributed by atoms with Crippen molar-refractivity contribution < 1.29 is 13.9 Å². The Bertz CT molecular complexity index is 368. The minimum Gasteiger partial charge on any atom is -0.467 e. The van der Waals surface area contributed by atoms with Crippen molar-refractivity contribution in [3.05, 3.63) is 24.2 Å². The van der Waals surface area contributed by atoms with Crippen molar-refractivity contribution in [3.63, 3.8) is 0 Å². The largest absolute Gasteiger partial charge is 0.467 e. The number of methoxy groups -OCH3 is 1. The van der Waals surface area contributed by atoms with E-state index in [0.29, 0.717) is 6.54 Å². The fourth-order valence-corrected chi connectivity index (χ4v) is 1.66. The van der Waals surface area contributed by atoms with Gasteiger partial charge in [-0.05, 0) is 26.1 Å². The van der Waals surface area contributed by atoms with Gasteiger partial charge in [-0.3, -0.25) is 4.79 Å². The third-order valence-electron chi connectivity index (χ3n) is 3.03. The number of nitrogens with zero attached hydrogens (tertiary/aromatic N) is 1. The van der Waals surface area contributed by atoms with Crippen molar-refractivity contribution in [2.75, 3.05) is 40.4 Å². The predicted octanol–water partition coefficient (Wildman–Crippen LogP) is 0.452. The molecule has 0 saturated carbocycles. The van der Waals surface area contributed by atoms with Crippen LogP contribution >= 0.6 is 0 Å². The first-order valence-corrected chi connectivity index (χ1v) is 6.84. The van der Waals surface area contributed by atoms with E-state index in [0.717, 1.165) is 32.0 Å². The summed E-state index contributed by atoms with van der Waals surface area (Å²) >= 11 is 0. The third-order valence-corrected chi connectivity index (χ3v) is 3.03. The van der Waals surface area contributed by atoms with Gasteiger partial charge in [-0.2, -0.15) is 0 Å². The number of carbonyl (C=O) groups is 1. The van der Waals surface area contributed by atoms with Crippen LogP contribution in [-0.4, -0.2) is 57.2 Å². The van der Waals surface area contributed by atoms with Crippen molar-refractivity contribution >= 4 is 5.91 Å². The predicted molar refractivity (Wildman–Crippen MR) is 77.4 cm³/mol. The number of furan rings is 1. The van der Waals surface area contributed by atoms with Crippen LogP contribution in [0.5, 0.6) is 0 Å². The number of nitrogens with one attached hydrogen (secondary N) is 2. The van der Waals surface area contributed by atoms with Crippen molar-refractivity contribution in [2.24, 2.45) is 0 Å². The molecular weight excluding hydrogens is 258 g/mol. The summed E-state index contributed by atoms with van der Waals surface area (Å²) < 4.78 is 10.2. The number of amides is 1. The molecule has 1 atom stereocenters. The molecule has 0 radical (unpaired) electrons. The molecule has 6 heteroatoms. The molecule has 1 rings (SSSR count). The Morgan fingerprint density at radius 3 is 2.95 bits per heavy atom. The fraction of sp³-hybridized carbons (Fsp3) is 0.643. The van der Waals surface area contributed by atoms with Crippen LogP contribution in [0.1, 0.15) is 12.7 Å². The molecule has 0 saturated heterocycles. The first-order chi connectivity index (χ1) is 9.63. The van der Waals surface area contributed by atoms with Gasteiger partial charge in [0.1, 0.15) is 5.76 Å². The van der Waals surface area contributed by atoms with E-state index < -0.39 is 0 Å². The van der Waals surface area contributed by atoms with Gasteiger partial charge in [0.25, 0.3) is 0 Å². The molecule has 0 aliphatic rings. The van der Waals surface area contributed by atoms with Crippen LogP contribution in [0.3, 0.4) is 0 Å². The van der Waals surface area contributed by atoms with E-state index in [1.54, 1.807) is 19.4 Å². The summed E-state index contributed by atoms with van der Waals surface area (Å²) in [5.41, 5.74) is 0. The number of hydrogen-bond donors (Lipinski definition) is 2. The summed E-state index contributed by atoms with van der Waals surface area (Å²) in [7, 11) is 3.72. The Morgan fingerprint density at radius 2 is 2.30 bits per heavy atom. The van der Waals surface area contributed by atoms with Gasteiger partial charge in [-0.25, -0.2) is 0 Å². The maximum absolute atomic E-state index is 11.8. The van der Waals surface area contributed by atoms with Gasteiger partial charge in [-0.15, -0.1) is 0 Å². The molecular formula is C14H25N3O3. The SMILES string of the molecule is COCCN(C)CCNC(C)C(=O)NCc1ccco1. The Hall–Kier alpha value is -1.37. The number of likely N-dealkylation sites (N-methyl/N-ethyl adjacent to an activating group) is 1. The summed E-state index contributed by atoms with van der Waals surface area (Å²) in [5, 5.41) is 6.02. The van der Waals surface area contributed by atoms with Gasteiger partial charge < -0.3 is 24.7 Å². The second kappa shape index (κ2) is 9.52.